The van der Waals surface area contributed by atoms with Gasteiger partial charge in [0.25, 0.3) is 0 Å². The number of rotatable bonds is 4. The highest BCUT2D eigenvalue weighted by atomic mass is 16.5. The molecule has 8 heteroatoms. The Bertz CT molecular complexity index is 839. The molecule has 4 heterocycles. The minimum absolute atomic E-state index is 0.416. The average Bonchev–Trinajstić information content (AvgIpc) is 3.43. The van der Waals surface area contributed by atoms with E-state index in [0.29, 0.717) is 6.04 Å². The standard InChI is InChI=1S/C20H27N7O/c1-25(18-5-7-21-20(24-18)26-9-11-28-12-10-26)15-6-8-27(13-15)19-16-3-2-4-17(16)22-14-23-19/h5,7,14-15H,2-4,6,8-13H2,1H3. The van der Waals surface area contributed by atoms with Gasteiger partial charge in [-0.3, -0.25) is 0 Å². The second-order valence-electron chi connectivity index (χ2n) is 7.79. The molecule has 0 bridgehead atoms. The molecule has 28 heavy (non-hydrogen) atoms. The number of nitrogens with zero attached hydrogens (tertiary/aromatic N) is 7. The Hall–Kier alpha value is -2.48. The molecule has 0 saturated carbocycles. The first-order valence-electron chi connectivity index (χ1n) is 10.3. The van der Waals surface area contributed by atoms with Gasteiger partial charge >= 0.3 is 0 Å². The number of anilines is 3. The van der Waals surface area contributed by atoms with Crippen LogP contribution in [0.2, 0.25) is 0 Å². The number of fused-ring (bicyclic) bond motifs is 1. The van der Waals surface area contributed by atoms with Gasteiger partial charge in [0.1, 0.15) is 18.0 Å². The van der Waals surface area contributed by atoms with Crippen LogP contribution < -0.4 is 14.7 Å². The van der Waals surface area contributed by atoms with Gasteiger partial charge in [-0.2, -0.15) is 4.98 Å². The molecule has 1 unspecified atom stereocenters. The van der Waals surface area contributed by atoms with Crippen LogP contribution in [-0.4, -0.2) is 72.4 Å². The summed E-state index contributed by atoms with van der Waals surface area (Å²) >= 11 is 0. The molecule has 148 valence electrons. The van der Waals surface area contributed by atoms with Gasteiger partial charge in [-0.25, -0.2) is 15.0 Å². The normalized spacial score (nSPS) is 21.8. The number of aromatic nitrogens is 4. The second kappa shape index (κ2) is 7.50. The zero-order valence-electron chi connectivity index (χ0n) is 16.4. The highest BCUT2D eigenvalue weighted by Gasteiger charge is 2.30. The predicted molar refractivity (Wildman–Crippen MR) is 108 cm³/mol. The van der Waals surface area contributed by atoms with E-state index in [9.17, 15) is 0 Å². The number of likely N-dealkylation sites (N-methyl/N-ethyl adjacent to an activating group) is 1. The minimum Gasteiger partial charge on any atom is -0.378 e. The topological polar surface area (TPSA) is 70.5 Å². The molecule has 2 aliphatic heterocycles. The molecule has 1 aliphatic carbocycles. The smallest absolute Gasteiger partial charge is 0.227 e. The first-order valence-corrected chi connectivity index (χ1v) is 10.3. The molecule has 0 amide bonds. The fourth-order valence-electron chi connectivity index (χ4n) is 4.50. The van der Waals surface area contributed by atoms with Crippen molar-refractivity contribution < 1.29 is 4.74 Å². The van der Waals surface area contributed by atoms with Crippen molar-refractivity contribution in [2.45, 2.75) is 31.7 Å². The first kappa shape index (κ1) is 17.6. The fourth-order valence-corrected chi connectivity index (χ4v) is 4.50. The van der Waals surface area contributed by atoms with Crippen LogP contribution in [0.15, 0.2) is 18.6 Å². The van der Waals surface area contributed by atoms with E-state index in [1.54, 1.807) is 6.33 Å². The molecule has 1 atom stereocenters. The van der Waals surface area contributed by atoms with E-state index in [0.717, 1.165) is 76.2 Å². The van der Waals surface area contributed by atoms with Gasteiger partial charge in [0.15, 0.2) is 0 Å². The molecule has 3 aliphatic rings. The third-order valence-corrected chi connectivity index (χ3v) is 6.15. The van der Waals surface area contributed by atoms with E-state index >= 15 is 0 Å². The van der Waals surface area contributed by atoms with Crippen molar-refractivity contribution in [3.63, 3.8) is 0 Å². The van der Waals surface area contributed by atoms with Crippen molar-refractivity contribution in [2.75, 3.05) is 61.1 Å². The van der Waals surface area contributed by atoms with Crippen LogP contribution in [0.5, 0.6) is 0 Å². The Balaban J connectivity index is 1.30. The molecule has 0 spiro atoms. The lowest BCUT2D eigenvalue weighted by atomic mass is 10.2. The van der Waals surface area contributed by atoms with Gasteiger partial charge in [-0.05, 0) is 31.7 Å². The summed E-state index contributed by atoms with van der Waals surface area (Å²) in [6, 6.07) is 2.43. The van der Waals surface area contributed by atoms with Crippen molar-refractivity contribution in [1.29, 1.82) is 0 Å². The highest BCUT2D eigenvalue weighted by molar-refractivity contribution is 5.53. The van der Waals surface area contributed by atoms with Gasteiger partial charge < -0.3 is 19.4 Å². The highest BCUT2D eigenvalue weighted by Crippen LogP contribution is 2.31. The summed E-state index contributed by atoms with van der Waals surface area (Å²) in [5.41, 5.74) is 2.61. The molecular formula is C20H27N7O. The Kier molecular flexibility index (Phi) is 4.72. The Labute approximate surface area is 165 Å². The number of hydrogen-bond donors (Lipinski definition) is 0. The maximum Gasteiger partial charge on any atom is 0.227 e. The maximum absolute atomic E-state index is 5.44. The summed E-state index contributed by atoms with van der Waals surface area (Å²) in [6.07, 6.45) is 8.10. The molecule has 0 N–H and O–H groups in total. The van der Waals surface area contributed by atoms with Crippen molar-refractivity contribution in [3.8, 4) is 0 Å². The SMILES string of the molecule is CN(c1ccnc(N2CCOCC2)n1)C1CCN(c2ncnc3c2CCC3)C1. The van der Waals surface area contributed by atoms with E-state index in [1.165, 1.54) is 17.7 Å². The monoisotopic (exact) mass is 381 g/mol. The summed E-state index contributed by atoms with van der Waals surface area (Å²) in [5.74, 6) is 2.93. The van der Waals surface area contributed by atoms with E-state index in [1.807, 2.05) is 12.3 Å². The summed E-state index contributed by atoms with van der Waals surface area (Å²) in [5, 5.41) is 0. The lowest BCUT2D eigenvalue weighted by molar-refractivity contribution is 0.122. The van der Waals surface area contributed by atoms with Crippen LogP contribution in [0.4, 0.5) is 17.6 Å². The first-order chi connectivity index (χ1) is 13.8. The van der Waals surface area contributed by atoms with E-state index in [-0.39, 0.29) is 0 Å². The lowest BCUT2D eigenvalue weighted by Gasteiger charge is -2.29. The van der Waals surface area contributed by atoms with Gasteiger partial charge in [-0.1, -0.05) is 0 Å². The molecule has 0 aromatic carbocycles. The van der Waals surface area contributed by atoms with Crippen LogP contribution in [0.3, 0.4) is 0 Å². The van der Waals surface area contributed by atoms with Crippen LogP contribution in [0, 0.1) is 0 Å². The van der Waals surface area contributed by atoms with Crippen molar-refractivity contribution in [1.82, 2.24) is 19.9 Å². The maximum atomic E-state index is 5.44. The number of hydrogen-bond acceptors (Lipinski definition) is 8. The zero-order chi connectivity index (χ0) is 18.9. The number of morpholine rings is 1. The summed E-state index contributed by atoms with van der Waals surface area (Å²) in [6.45, 7) is 5.18. The third kappa shape index (κ3) is 3.26. The summed E-state index contributed by atoms with van der Waals surface area (Å²) in [7, 11) is 2.14. The Morgan fingerprint density at radius 1 is 1.07 bits per heavy atom. The van der Waals surface area contributed by atoms with Gasteiger partial charge in [-0.15, -0.1) is 0 Å². The van der Waals surface area contributed by atoms with E-state index in [4.69, 9.17) is 9.72 Å². The molecule has 0 radical (unpaired) electrons. The largest absolute Gasteiger partial charge is 0.378 e. The Morgan fingerprint density at radius 3 is 2.86 bits per heavy atom. The van der Waals surface area contributed by atoms with Crippen molar-refractivity contribution in [3.05, 3.63) is 29.8 Å². The summed E-state index contributed by atoms with van der Waals surface area (Å²) in [4.78, 5) is 25.3. The average molecular weight is 381 g/mol. The number of ether oxygens (including phenoxy) is 1. The van der Waals surface area contributed by atoms with Gasteiger partial charge in [0.05, 0.1) is 13.2 Å². The van der Waals surface area contributed by atoms with Crippen molar-refractivity contribution >= 4 is 17.6 Å². The minimum atomic E-state index is 0.416. The van der Waals surface area contributed by atoms with Crippen molar-refractivity contribution in [2.24, 2.45) is 0 Å². The van der Waals surface area contributed by atoms with Gasteiger partial charge in [0.2, 0.25) is 5.95 Å². The van der Waals surface area contributed by atoms with E-state index in [2.05, 4.69) is 36.7 Å². The summed E-state index contributed by atoms with van der Waals surface area (Å²) < 4.78 is 5.44. The second-order valence-corrected chi connectivity index (χ2v) is 7.79. The van der Waals surface area contributed by atoms with Crippen LogP contribution in [-0.2, 0) is 17.6 Å². The molecule has 2 saturated heterocycles. The molecule has 2 aromatic rings. The van der Waals surface area contributed by atoms with Gasteiger partial charge in [0, 0.05) is 56.7 Å². The molecule has 2 aromatic heterocycles. The zero-order valence-corrected chi connectivity index (χ0v) is 16.4. The third-order valence-electron chi connectivity index (χ3n) is 6.15. The Morgan fingerprint density at radius 2 is 1.96 bits per heavy atom. The fraction of sp³-hybridized carbons (Fsp3) is 0.600. The van der Waals surface area contributed by atoms with Crippen LogP contribution in [0.1, 0.15) is 24.1 Å². The molecule has 5 rings (SSSR count). The predicted octanol–water partition coefficient (Wildman–Crippen LogP) is 1.31. The van der Waals surface area contributed by atoms with Crippen LogP contribution >= 0.6 is 0 Å². The molecular weight excluding hydrogens is 354 g/mol. The molecule has 2 fully saturated rings. The quantitative estimate of drug-likeness (QED) is 0.785. The van der Waals surface area contributed by atoms with E-state index < -0.39 is 0 Å². The number of aryl methyl sites for hydroxylation is 1. The molecule has 8 nitrogen and oxygen atoms in total. The lowest BCUT2D eigenvalue weighted by Crippen LogP contribution is -2.38. The van der Waals surface area contributed by atoms with Crippen LogP contribution in [0.25, 0.3) is 0 Å².